The van der Waals surface area contributed by atoms with E-state index in [0.717, 1.165) is 19.4 Å². The molecule has 2 fully saturated rings. The van der Waals surface area contributed by atoms with E-state index in [1.54, 1.807) is 12.1 Å². The summed E-state index contributed by atoms with van der Waals surface area (Å²) in [5.41, 5.74) is 0. The molecule has 3 nitrogen and oxygen atoms in total. The molecule has 0 spiro atoms. The molecule has 2 aliphatic rings. The highest BCUT2D eigenvalue weighted by molar-refractivity contribution is 6.29. The highest BCUT2D eigenvalue weighted by Gasteiger charge is 2.35. The second-order valence-corrected chi connectivity index (χ2v) is 6.17. The average Bonchev–Trinajstić information content (AvgIpc) is 3.18. The van der Waals surface area contributed by atoms with Gasteiger partial charge in [-0.2, -0.15) is 0 Å². The molecule has 3 rings (SSSR count). The first-order chi connectivity index (χ1) is 9.24. The lowest BCUT2D eigenvalue weighted by molar-refractivity contribution is 0.0667. The first-order valence-electron chi connectivity index (χ1n) is 7.30. The Hall–Kier alpha value is -0.960. The number of furan rings is 1. The molecule has 0 aromatic carbocycles. The Morgan fingerprint density at radius 2 is 1.95 bits per heavy atom. The standard InChI is InChI=1S/C15H20ClNO2/c16-14-9-8-13(19-14)15(18)17(12-6-7-12)10-11-4-2-1-3-5-11/h8-9,11-12H,1-7,10H2. The maximum absolute atomic E-state index is 12.5. The summed E-state index contributed by atoms with van der Waals surface area (Å²) in [4.78, 5) is 14.5. The van der Waals surface area contributed by atoms with Gasteiger partial charge in [0.1, 0.15) is 0 Å². The van der Waals surface area contributed by atoms with Crippen molar-refractivity contribution in [3.63, 3.8) is 0 Å². The molecule has 0 radical (unpaired) electrons. The van der Waals surface area contributed by atoms with Crippen LogP contribution in [0.2, 0.25) is 5.22 Å². The predicted molar refractivity (Wildman–Crippen MR) is 74.4 cm³/mol. The van der Waals surface area contributed by atoms with Crippen LogP contribution in [0.25, 0.3) is 0 Å². The van der Waals surface area contributed by atoms with E-state index < -0.39 is 0 Å². The summed E-state index contributed by atoms with van der Waals surface area (Å²) in [7, 11) is 0. The number of rotatable bonds is 4. The second kappa shape index (κ2) is 5.58. The molecular weight excluding hydrogens is 262 g/mol. The summed E-state index contributed by atoms with van der Waals surface area (Å²) in [5.74, 6) is 1.07. The molecule has 104 valence electrons. The highest BCUT2D eigenvalue weighted by atomic mass is 35.5. The number of nitrogens with zero attached hydrogens (tertiary/aromatic N) is 1. The Morgan fingerprint density at radius 3 is 2.53 bits per heavy atom. The molecule has 0 bridgehead atoms. The van der Waals surface area contributed by atoms with Crippen LogP contribution in [0.4, 0.5) is 0 Å². The van der Waals surface area contributed by atoms with Crippen molar-refractivity contribution < 1.29 is 9.21 Å². The number of hydrogen-bond donors (Lipinski definition) is 0. The Bertz CT molecular complexity index is 447. The summed E-state index contributed by atoms with van der Waals surface area (Å²) in [6, 6.07) is 3.75. The molecule has 1 aromatic heterocycles. The molecule has 2 saturated carbocycles. The summed E-state index contributed by atoms with van der Waals surface area (Å²) in [5, 5.41) is 0.289. The Kier molecular flexibility index (Phi) is 3.83. The van der Waals surface area contributed by atoms with Crippen molar-refractivity contribution in [2.75, 3.05) is 6.54 Å². The van der Waals surface area contributed by atoms with Crippen molar-refractivity contribution in [2.45, 2.75) is 51.0 Å². The Balaban J connectivity index is 1.68. The Morgan fingerprint density at radius 1 is 1.21 bits per heavy atom. The molecule has 0 N–H and O–H groups in total. The lowest BCUT2D eigenvalue weighted by Crippen LogP contribution is -2.37. The number of carbonyl (C=O) groups excluding carboxylic acids is 1. The fraction of sp³-hybridized carbons (Fsp3) is 0.667. The van der Waals surface area contributed by atoms with Gasteiger partial charge in [-0.25, -0.2) is 0 Å². The van der Waals surface area contributed by atoms with Crippen LogP contribution in [-0.4, -0.2) is 23.4 Å². The van der Waals surface area contributed by atoms with Crippen LogP contribution in [0.5, 0.6) is 0 Å². The normalized spacial score (nSPS) is 20.5. The highest BCUT2D eigenvalue weighted by Crippen LogP contribution is 2.32. The third-order valence-electron chi connectivity index (χ3n) is 4.21. The maximum Gasteiger partial charge on any atom is 0.289 e. The van der Waals surface area contributed by atoms with E-state index in [-0.39, 0.29) is 11.1 Å². The minimum Gasteiger partial charge on any atom is -0.440 e. The molecule has 2 aliphatic carbocycles. The lowest BCUT2D eigenvalue weighted by atomic mass is 9.89. The predicted octanol–water partition coefficient (Wildman–Crippen LogP) is 4.12. The molecule has 1 amide bonds. The van der Waals surface area contributed by atoms with Gasteiger partial charge >= 0.3 is 0 Å². The summed E-state index contributed by atoms with van der Waals surface area (Å²) in [6.45, 7) is 0.891. The van der Waals surface area contributed by atoms with Gasteiger partial charge in [-0.15, -0.1) is 0 Å². The third kappa shape index (κ3) is 3.14. The first-order valence-corrected chi connectivity index (χ1v) is 7.68. The molecular formula is C15H20ClNO2. The van der Waals surface area contributed by atoms with Crippen LogP contribution in [0.15, 0.2) is 16.5 Å². The minimum absolute atomic E-state index is 0.0139. The monoisotopic (exact) mass is 281 g/mol. The van der Waals surface area contributed by atoms with Crippen LogP contribution in [0.3, 0.4) is 0 Å². The van der Waals surface area contributed by atoms with Crippen molar-refractivity contribution in [1.82, 2.24) is 4.90 Å². The van der Waals surface area contributed by atoms with Crippen LogP contribution in [-0.2, 0) is 0 Å². The van der Waals surface area contributed by atoms with Crippen LogP contribution in [0.1, 0.15) is 55.5 Å². The van der Waals surface area contributed by atoms with E-state index in [1.165, 1.54) is 32.1 Å². The first kappa shape index (κ1) is 13.0. The summed E-state index contributed by atoms with van der Waals surface area (Å²) >= 11 is 5.76. The van der Waals surface area contributed by atoms with Gasteiger partial charge in [-0.1, -0.05) is 19.3 Å². The molecule has 0 aliphatic heterocycles. The second-order valence-electron chi connectivity index (χ2n) is 5.80. The number of hydrogen-bond acceptors (Lipinski definition) is 2. The van der Waals surface area contributed by atoms with Gasteiger partial charge in [0.25, 0.3) is 5.91 Å². The topological polar surface area (TPSA) is 33.5 Å². The van der Waals surface area contributed by atoms with Gasteiger partial charge in [0.15, 0.2) is 11.0 Å². The Labute approximate surface area is 118 Å². The van der Waals surface area contributed by atoms with Crippen molar-refractivity contribution in [3.05, 3.63) is 23.1 Å². The zero-order valence-corrected chi connectivity index (χ0v) is 11.9. The van der Waals surface area contributed by atoms with Crippen LogP contribution < -0.4 is 0 Å². The average molecular weight is 282 g/mol. The van der Waals surface area contributed by atoms with E-state index >= 15 is 0 Å². The van der Waals surface area contributed by atoms with Gasteiger partial charge < -0.3 is 9.32 Å². The van der Waals surface area contributed by atoms with E-state index in [2.05, 4.69) is 0 Å². The zero-order chi connectivity index (χ0) is 13.2. The van der Waals surface area contributed by atoms with E-state index in [4.69, 9.17) is 16.0 Å². The summed E-state index contributed by atoms with van der Waals surface area (Å²) in [6.07, 6.45) is 8.75. The molecule has 0 atom stereocenters. The minimum atomic E-state index is 0.0139. The molecule has 19 heavy (non-hydrogen) atoms. The largest absolute Gasteiger partial charge is 0.440 e. The number of amides is 1. The van der Waals surface area contributed by atoms with Gasteiger partial charge in [-0.05, 0) is 55.3 Å². The van der Waals surface area contributed by atoms with Crippen LogP contribution >= 0.6 is 11.6 Å². The van der Waals surface area contributed by atoms with Crippen molar-refractivity contribution in [3.8, 4) is 0 Å². The van der Waals surface area contributed by atoms with Crippen molar-refractivity contribution >= 4 is 17.5 Å². The SMILES string of the molecule is O=C(c1ccc(Cl)o1)N(CC1CCCCC1)C1CC1. The molecule has 1 heterocycles. The number of carbonyl (C=O) groups is 1. The van der Waals surface area contributed by atoms with Crippen LogP contribution in [0, 0.1) is 5.92 Å². The quantitative estimate of drug-likeness (QED) is 0.832. The molecule has 0 saturated heterocycles. The van der Waals surface area contributed by atoms with Crippen molar-refractivity contribution in [2.24, 2.45) is 5.92 Å². The molecule has 1 aromatic rings. The van der Waals surface area contributed by atoms with E-state index in [1.807, 2.05) is 4.90 Å². The molecule has 0 unspecified atom stereocenters. The molecule has 4 heteroatoms. The third-order valence-corrected chi connectivity index (χ3v) is 4.42. The lowest BCUT2D eigenvalue weighted by Gasteiger charge is -2.29. The number of halogens is 1. The fourth-order valence-corrected chi connectivity index (χ4v) is 3.15. The van der Waals surface area contributed by atoms with Crippen molar-refractivity contribution in [1.29, 1.82) is 0 Å². The van der Waals surface area contributed by atoms with Gasteiger partial charge in [0, 0.05) is 12.6 Å². The van der Waals surface area contributed by atoms with Gasteiger partial charge in [0.05, 0.1) is 0 Å². The van der Waals surface area contributed by atoms with E-state index in [9.17, 15) is 4.79 Å². The van der Waals surface area contributed by atoms with Gasteiger partial charge in [0.2, 0.25) is 0 Å². The van der Waals surface area contributed by atoms with E-state index in [0.29, 0.717) is 17.7 Å². The zero-order valence-electron chi connectivity index (χ0n) is 11.1. The van der Waals surface area contributed by atoms with Gasteiger partial charge in [-0.3, -0.25) is 4.79 Å². The maximum atomic E-state index is 12.5. The fourth-order valence-electron chi connectivity index (χ4n) is 3.00. The summed E-state index contributed by atoms with van der Waals surface area (Å²) < 4.78 is 5.27. The smallest absolute Gasteiger partial charge is 0.289 e.